The Balaban J connectivity index is 1.12. The van der Waals surface area contributed by atoms with Crippen LogP contribution in [0, 0.1) is 5.92 Å². The number of nitrogens with one attached hydrogen (secondary N) is 2. The molecule has 5 rings (SSSR count). The molecule has 0 bridgehead atoms. The van der Waals surface area contributed by atoms with E-state index < -0.39 is 0 Å². The van der Waals surface area contributed by atoms with Gasteiger partial charge >= 0.3 is 0 Å². The van der Waals surface area contributed by atoms with Crippen LogP contribution in [0.15, 0.2) is 42.9 Å². The summed E-state index contributed by atoms with van der Waals surface area (Å²) in [7, 11) is 0. The Labute approximate surface area is 198 Å². The summed E-state index contributed by atoms with van der Waals surface area (Å²) in [6.45, 7) is 0. The van der Waals surface area contributed by atoms with Gasteiger partial charge in [0, 0.05) is 36.6 Å². The highest BCUT2D eigenvalue weighted by molar-refractivity contribution is 7.15. The number of carbonyl (C=O) groups excluding carboxylic acids is 1. The van der Waals surface area contributed by atoms with Crippen molar-refractivity contribution >= 4 is 44.8 Å². The highest BCUT2D eigenvalue weighted by Crippen LogP contribution is 2.41. The summed E-state index contributed by atoms with van der Waals surface area (Å²) in [6.07, 6.45) is 9.34. The lowest BCUT2D eigenvalue weighted by Gasteiger charge is -2.06. The summed E-state index contributed by atoms with van der Waals surface area (Å²) in [5.74, 6) is 1.28. The maximum absolute atomic E-state index is 12.2. The SMILES string of the molecule is O=C(Cc1ccccn1)Nc1nnc(CC2CCC(c3nnc(Nc4ncccn4)s3)C2)s1. The van der Waals surface area contributed by atoms with Crippen LogP contribution in [-0.2, 0) is 17.6 Å². The quantitative estimate of drug-likeness (QED) is 0.389. The molecule has 1 saturated carbocycles. The molecule has 12 heteroatoms. The summed E-state index contributed by atoms with van der Waals surface area (Å²) in [4.78, 5) is 24.7. The Hall–Kier alpha value is -3.38. The first-order valence-electron chi connectivity index (χ1n) is 10.6. The van der Waals surface area contributed by atoms with Crippen LogP contribution in [0.2, 0.25) is 0 Å². The normalized spacial score (nSPS) is 17.7. The largest absolute Gasteiger partial charge is 0.300 e. The van der Waals surface area contributed by atoms with Gasteiger partial charge in [0.25, 0.3) is 0 Å². The van der Waals surface area contributed by atoms with Crippen molar-refractivity contribution in [3.05, 3.63) is 58.6 Å². The number of hydrogen-bond donors (Lipinski definition) is 2. The highest BCUT2D eigenvalue weighted by atomic mass is 32.1. The molecule has 1 aliphatic rings. The fourth-order valence-electron chi connectivity index (χ4n) is 3.86. The van der Waals surface area contributed by atoms with Crippen LogP contribution in [-0.4, -0.2) is 41.3 Å². The molecule has 0 aromatic carbocycles. The van der Waals surface area contributed by atoms with Crippen LogP contribution in [0.1, 0.15) is 40.9 Å². The molecule has 2 atom stereocenters. The lowest BCUT2D eigenvalue weighted by Crippen LogP contribution is -2.14. The van der Waals surface area contributed by atoms with Gasteiger partial charge in [-0.2, -0.15) is 0 Å². The summed E-state index contributed by atoms with van der Waals surface area (Å²) >= 11 is 2.99. The minimum absolute atomic E-state index is 0.140. The monoisotopic (exact) mass is 479 g/mol. The zero-order valence-electron chi connectivity index (χ0n) is 17.6. The van der Waals surface area contributed by atoms with Crippen molar-refractivity contribution in [2.24, 2.45) is 5.92 Å². The fraction of sp³-hybridized carbons (Fsp3) is 0.333. The van der Waals surface area contributed by atoms with Crippen molar-refractivity contribution in [1.82, 2.24) is 35.3 Å². The van der Waals surface area contributed by atoms with E-state index in [4.69, 9.17) is 0 Å². The summed E-state index contributed by atoms with van der Waals surface area (Å²) in [5.41, 5.74) is 0.725. The summed E-state index contributed by atoms with van der Waals surface area (Å²) in [5, 5.41) is 26.2. The van der Waals surface area contributed by atoms with E-state index in [2.05, 4.69) is 46.0 Å². The smallest absolute Gasteiger partial charge is 0.232 e. The average molecular weight is 480 g/mol. The van der Waals surface area contributed by atoms with Gasteiger partial charge in [-0.05, 0) is 43.4 Å². The predicted octanol–water partition coefficient (Wildman–Crippen LogP) is 3.63. The molecule has 10 nitrogen and oxygen atoms in total. The molecule has 0 aliphatic heterocycles. The first kappa shape index (κ1) is 21.5. The zero-order valence-corrected chi connectivity index (χ0v) is 19.2. The fourth-order valence-corrected chi connectivity index (χ4v) is 5.61. The molecule has 2 N–H and O–H groups in total. The molecule has 1 amide bonds. The van der Waals surface area contributed by atoms with E-state index in [0.717, 1.165) is 41.4 Å². The van der Waals surface area contributed by atoms with Crippen molar-refractivity contribution in [2.45, 2.75) is 38.0 Å². The third kappa shape index (κ3) is 5.71. The molecule has 4 aromatic rings. The summed E-state index contributed by atoms with van der Waals surface area (Å²) in [6, 6.07) is 7.29. The van der Waals surface area contributed by atoms with Crippen molar-refractivity contribution in [1.29, 1.82) is 0 Å². The minimum Gasteiger partial charge on any atom is -0.300 e. The molecule has 1 aliphatic carbocycles. The van der Waals surface area contributed by atoms with Gasteiger partial charge < -0.3 is 5.32 Å². The standard InChI is InChI=1S/C21H21N9OS2/c31-16(12-15-4-1-2-7-22-15)25-20-29-27-17(32-20)11-13-5-6-14(10-13)18-28-30-21(33-18)26-19-23-8-3-9-24-19/h1-4,7-9,13-14H,5-6,10-12H2,(H,25,29,31)(H,23,24,26,30). The highest BCUT2D eigenvalue weighted by Gasteiger charge is 2.29. The van der Waals surface area contributed by atoms with Gasteiger partial charge in [-0.25, -0.2) is 9.97 Å². The van der Waals surface area contributed by atoms with Crippen LogP contribution >= 0.6 is 22.7 Å². The van der Waals surface area contributed by atoms with Gasteiger partial charge in [-0.15, -0.1) is 20.4 Å². The second-order valence-electron chi connectivity index (χ2n) is 7.77. The van der Waals surface area contributed by atoms with Crippen molar-refractivity contribution in [3.63, 3.8) is 0 Å². The second-order valence-corrected chi connectivity index (χ2v) is 9.84. The first-order chi connectivity index (χ1) is 16.2. The van der Waals surface area contributed by atoms with E-state index in [9.17, 15) is 4.79 Å². The van der Waals surface area contributed by atoms with Crippen molar-refractivity contribution < 1.29 is 4.79 Å². The molecule has 0 saturated heterocycles. The zero-order chi connectivity index (χ0) is 22.5. The Morgan fingerprint density at radius 2 is 1.79 bits per heavy atom. The van der Waals surface area contributed by atoms with Crippen LogP contribution in [0.4, 0.5) is 16.2 Å². The van der Waals surface area contributed by atoms with Gasteiger partial charge in [0.2, 0.25) is 22.1 Å². The number of anilines is 3. The third-order valence-corrected chi connectivity index (χ3v) is 7.22. The molecule has 0 spiro atoms. The van der Waals surface area contributed by atoms with Gasteiger partial charge in [-0.3, -0.25) is 15.1 Å². The van der Waals surface area contributed by atoms with Crippen LogP contribution < -0.4 is 10.6 Å². The number of rotatable bonds is 8. The maximum Gasteiger partial charge on any atom is 0.232 e. The lowest BCUT2D eigenvalue weighted by atomic mass is 10.0. The van der Waals surface area contributed by atoms with E-state index >= 15 is 0 Å². The van der Waals surface area contributed by atoms with E-state index in [1.807, 2.05) is 18.2 Å². The minimum atomic E-state index is -0.140. The number of carbonyl (C=O) groups is 1. The van der Waals surface area contributed by atoms with Gasteiger partial charge in [0.05, 0.1) is 6.42 Å². The molecule has 168 valence electrons. The maximum atomic E-state index is 12.2. The lowest BCUT2D eigenvalue weighted by molar-refractivity contribution is -0.115. The molecule has 4 aromatic heterocycles. The Morgan fingerprint density at radius 1 is 0.939 bits per heavy atom. The van der Waals surface area contributed by atoms with Crippen LogP contribution in [0.5, 0.6) is 0 Å². The van der Waals surface area contributed by atoms with E-state index in [-0.39, 0.29) is 12.3 Å². The Bertz CT molecular complexity index is 1200. The molecule has 33 heavy (non-hydrogen) atoms. The Kier molecular flexibility index (Phi) is 6.53. The number of aromatic nitrogens is 7. The Morgan fingerprint density at radius 3 is 2.64 bits per heavy atom. The molecular formula is C21H21N9OS2. The molecule has 1 fully saturated rings. The predicted molar refractivity (Wildman–Crippen MR) is 125 cm³/mol. The van der Waals surface area contributed by atoms with Gasteiger partial charge in [0.15, 0.2) is 0 Å². The van der Waals surface area contributed by atoms with Crippen molar-refractivity contribution in [2.75, 3.05) is 10.6 Å². The van der Waals surface area contributed by atoms with Crippen LogP contribution in [0.3, 0.4) is 0 Å². The van der Waals surface area contributed by atoms with Crippen LogP contribution in [0.25, 0.3) is 0 Å². The van der Waals surface area contributed by atoms with Crippen molar-refractivity contribution in [3.8, 4) is 0 Å². The molecule has 4 heterocycles. The number of nitrogens with zero attached hydrogens (tertiary/aromatic N) is 7. The average Bonchev–Trinajstić information content (AvgIpc) is 3.57. The number of amides is 1. The van der Waals surface area contributed by atoms with Gasteiger partial charge in [0.1, 0.15) is 10.0 Å². The molecule has 0 radical (unpaired) electrons. The van der Waals surface area contributed by atoms with Gasteiger partial charge in [-0.1, -0.05) is 28.7 Å². The number of hydrogen-bond acceptors (Lipinski definition) is 11. The third-order valence-electron chi connectivity index (χ3n) is 5.36. The topological polar surface area (TPSA) is 131 Å². The number of pyridine rings is 1. The van der Waals surface area contributed by atoms with E-state index in [1.165, 1.54) is 11.3 Å². The molecular weight excluding hydrogens is 458 g/mol. The second kappa shape index (κ2) is 10.0. The summed E-state index contributed by atoms with van der Waals surface area (Å²) < 4.78 is 0. The first-order valence-corrected chi connectivity index (χ1v) is 12.2. The van der Waals surface area contributed by atoms with E-state index in [1.54, 1.807) is 36.0 Å². The van der Waals surface area contributed by atoms with E-state index in [0.29, 0.717) is 28.0 Å². The molecule has 2 unspecified atom stereocenters.